The average molecular weight is 1440 g/mol. The number of carbonyl (C=O) groups is 15. The van der Waals surface area contributed by atoms with Crippen LogP contribution in [0.5, 0.6) is 0 Å². The van der Waals surface area contributed by atoms with Crippen molar-refractivity contribution in [1.82, 2.24) is 57.2 Å². The third-order valence-electron chi connectivity index (χ3n) is 18.0. The molecule has 0 bridgehead atoms. The predicted octanol–water partition coefficient (Wildman–Crippen LogP) is -0.448. The largest absolute Gasteiger partial charge is 0.481 e. The lowest BCUT2D eigenvalue weighted by molar-refractivity contribution is -0.145. The number of nitrogens with one attached hydrogen (secondary N) is 8. The van der Waals surface area contributed by atoms with Crippen molar-refractivity contribution in [3.63, 3.8) is 0 Å². The Morgan fingerprint density at radius 1 is 0.524 bits per heavy atom. The number of carboxylic acids is 2. The van der Waals surface area contributed by atoms with Crippen molar-refractivity contribution in [2.45, 2.75) is 204 Å². The van der Waals surface area contributed by atoms with Gasteiger partial charge >= 0.3 is 11.9 Å². The number of carbonyl (C=O) groups excluding carboxylic acids is 13. The lowest BCUT2D eigenvalue weighted by Gasteiger charge is -2.33. The van der Waals surface area contributed by atoms with Gasteiger partial charge in [-0.1, -0.05) is 105 Å². The molecule has 0 aliphatic carbocycles. The van der Waals surface area contributed by atoms with Crippen LogP contribution in [-0.4, -0.2) is 213 Å². The smallest absolute Gasteiger partial charge is 0.305 e. The van der Waals surface area contributed by atoms with Gasteiger partial charge in [0.1, 0.15) is 48.3 Å². The molecule has 562 valence electrons. The van der Waals surface area contributed by atoms with Gasteiger partial charge in [-0.15, -0.1) is 0 Å². The van der Waals surface area contributed by atoms with E-state index in [0.717, 1.165) is 5.56 Å². The Morgan fingerprint density at radius 3 is 1.57 bits per heavy atom. The highest BCUT2D eigenvalue weighted by Gasteiger charge is 2.44. The van der Waals surface area contributed by atoms with Crippen molar-refractivity contribution in [2.24, 2.45) is 28.1 Å². The minimum atomic E-state index is -1.73. The summed E-state index contributed by atoms with van der Waals surface area (Å²) in [6.07, 6.45) is 7.60. The molecule has 0 radical (unpaired) electrons. The minimum absolute atomic E-state index is 0.0262. The molecule has 3 heterocycles. The first-order chi connectivity index (χ1) is 49.2. The number of nitrogens with zero attached hydrogens (tertiary/aromatic N) is 4. The number of carboxylic acid groups (broad SMARTS) is 2. The summed E-state index contributed by atoms with van der Waals surface area (Å²) in [4.78, 5) is 207. The van der Waals surface area contributed by atoms with E-state index < -0.39 is 156 Å². The number of unbranched alkanes of at least 4 members (excludes halogenated alkanes) is 1. The molecule has 32 heteroatoms. The molecule has 3 aliphatic heterocycles. The first-order valence-corrected chi connectivity index (χ1v) is 35.1. The second-order valence-electron chi connectivity index (χ2n) is 25.9. The van der Waals surface area contributed by atoms with Crippen LogP contribution in [-0.2, 0) is 84.8 Å². The van der Waals surface area contributed by atoms with Gasteiger partial charge in [0.15, 0.2) is 11.7 Å². The fraction of sp³-hybridized carbons (Fsp3) is 0.549. The molecule has 103 heavy (non-hydrogen) atoms. The molecular weight excluding hydrogens is 1330 g/mol. The molecular formula is C71H101N15O17. The van der Waals surface area contributed by atoms with E-state index in [-0.39, 0.29) is 102 Å². The van der Waals surface area contributed by atoms with Crippen molar-refractivity contribution in [3.8, 4) is 0 Å². The molecule has 10 atom stereocenters. The molecule has 0 saturated carbocycles. The van der Waals surface area contributed by atoms with Crippen LogP contribution in [0, 0.1) is 5.92 Å². The zero-order chi connectivity index (χ0) is 75.5. The van der Waals surface area contributed by atoms with Crippen LogP contribution in [0.1, 0.15) is 147 Å². The molecule has 5 rings (SSSR count). The monoisotopic (exact) mass is 1440 g/mol. The standard InChI is InChI=1S/C71H101N15O17/c1-4-44(2)62(70(103)84-38-18-26-53(84)63(72)96)83-67(100)55-28-20-39-85(55)68(101)49(33-34-60(92)93)81-64(97)50(41-46-21-7-5-8-22-46)82-65(98)51(43-61(94)95)79-59(91)32-14-16-36-76-58(90)31-13-15-35-75-57(89)30-12-11-29-56(88)48(25-17-37-77-71(73)74)80-66(99)54-27-19-40-86(54)69(102)52(78-45(3)87)42-47-23-9-6-10-24-47/h5-10,13-16,21-24,44,48-55,62H,4,11-12,17-20,25-43H2,1-3H3,(H2,72,96)(H,75,89)(H,76,90)(H,78,87)(H,79,91)(H,80,99)(H,81,97)(H,82,98)(H,83,100)(H,92,93)(H,94,95)(H4,73,74,77)/b15-13+,16-14+/t44-,48-,49-,50-,51-,52+,53-,54-,55-,62-/m0/s1. The van der Waals surface area contributed by atoms with Crippen LogP contribution in [0.15, 0.2) is 90.0 Å². The van der Waals surface area contributed by atoms with Crippen molar-refractivity contribution in [3.05, 3.63) is 96.1 Å². The van der Waals surface area contributed by atoms with Crippen molar-refractivity contribution in [2.75, 3.05) is 39.3 Å². The van der Waals surface area contributed by atoms with E-state index in [4.69, 9.17) is 17.2 Å². The maximum atomic E-state index is 14.5. The summed E-state index contributed by atoms with van der Waals surface area (Å²) >= 11 is 0. The van der Waals surface area contributed by atoms with E-state index in [1.54, 1.807) is 43.3 Å². The van der Waals surface area contributed by atoms with E-state index in [1.165, 1.54) is 39.9 Å². The fourth-order valence-electron chi connectivity index (χ4n) is 12.4. The topological polar surface area (TPSA) is 493 Å². The molecule has 16 N–H and O–H groups in total. The molecule has 2 aromatic carbocycles. The number of primary amides is 1. The van der Waals surface area contributed by atoms with Gasteiger partial charge in [-0.25, -0.2) is 0 Å². The third kappa shape index (κ3) is 28.4. The predicted molar refractivity (Wildman–Crippen MR) is 376 cm³/mol. The number of aliphatic imine (C=N–C) groups is 1. The Morgan fingerprint density at radius 2 is 1.03 bits per heavy atom. The van der Waals surface area contributed by atoms with Crippen LogP contribution >= 0.6 is 0 Å². The zero-order valence-corrected chi connectivity index (χ0v) is 58.8. The SMILES string of the molecule is CC[C@H](C)[C@H](NC(=O)[C@@H]1CCCN1C(=O)[C@H](CCC(=O)O)NC(=O)[C@H](Cc1ccccc1)NC(=O)[C@H](CC(=O)O)NC(=O)C/C=C/CNC(=O)C/C=C/CNC(=O)CCCCC(=O)[C@H](CCCN=C(N)N)NC(=O)[C@@H]1CCCN1C(=O)[C@@H](Cc1ccccc1)NC(C)=O)C(=O)N1CCC[C@H]1C(N)=O. The Bertz CT molecular complexity index is 3380. The van der Waals surface area contributed by atoms with Gasteiger partial charge in [-0.2, -0.15) is 0 Å². The maximum Gasteiger partial charge on any atom is 0.305 e. The van der Waals surface area contributed by atoms with Gasteiger partial charge in [0, 0.05) is 91.1 Å². The highest BCUT2D eigenvalue weighted by molar-refractivity contribution is 5.99. The number of hydrogen-bond acceptors (Lipinski definition) is 16. The van der Waals surface area contributed by atoms with E-state index in [2.05, 4.69) is 47.5 Å². The molecule has 0 aromatic heterocycles. The molecule has 3 fully saturated rings. The van der Waals surface area contributed by atoms with Crippen molar-refractivity contribution >= 4 is 94.6 Å². The Kier molecular flexibility index (Phi) is 34.9. The van der Waals surface area contributed by atoms with E-state index >= 15 is 0 Å². The molecule has 3 aliphatic rings. The van der Waals surface area contributed by atoms with Crippen LogP contribution in [0.25, 0.3) is 0 Å². The molecule has 0 spiro atoms. The van der Waals surface area contributed by atoms with Gasteiger partial charge in [0.25, 0.3) is 0 Å². The molecule has 2 aromatic rings. The summed E-state index contributed by atoms with van der Waals surface area (Å²) in [5.74, 6) is -11.2. The highest BCUT2D eigenvalue weighted by atomic mass is 16.4. The first kappa shape index (κ1) is 83.1. The van der Waals surface area contributed by atoms with Gasteiger partial charge in [-0.05, 0) is 87.7 Å². The van der Waals surface area contributed by atoms with Gasteiger partial charge in [0.2, 0.25) is 70.9 Å². The van der Waals surface area contributed by atoms with Gasteiger partial charge in [-0.3, -0.25) is 76.9 Å². The van der Waals surface area contributed by atoms with Crippen LogP contribution in [0.3, 0.4) is 0 Å². The number of hydrogen-bond donors (Lipinski definition) is 13. The van der Waals surface area contributed by atoms with Crippen molar-refractivity contribution in [1.29, 1.82) is 0 Å². The van der Waals surface area contributed by atoms with Gasteiger partial charge < -0.3 is 84.6 Å². The number of nitrogens with two attached hydrogens (primary N) is 3. The molecule has 0 unspecified atom stereocenters. The summed E-state index contributed by atoms with van der Waals surface area (Å²) in [6.45, 7) is 5.74. The Labute approximate surface area is 598 Å². The normalized spacial score (nSPS) is 17.7. The van der Waals surface area contributed by atoms with Crippen LogP contribution in [0.4, 0.5) is 0 Å². The third-order valence-corrected chi connectivity index (χ3v) is 18.0. The molecule has 12 amide bonds. The molecule has 32 nitrogen and oxygen atoms in total. The number of guanidine groups is 1. The summed E-state index contributed by atoms with van der Waals surface area (Å²) in [6, 6.07) is 6.85. The van der Waals surface area contributed by atoms with E-state index in [9.17, 15) is 82.1 Å². The van der Waals surface area contributed by atoms with Crippen LogP contribution < -0.4 is 59.7 Å². The summed E-state index contributed by atoms with van der Waals surface area (Å²) in [7, 11) is 0. The Balaban J connectivity index is 1.07. The summed E-state index contributed by atoms with van der Waals surface area (Å²) in [5, 5.41) is 40.6. The second-order valence-corrected chi connectivity index (χ2v) is 25.9. The maximum absolute atomic E-state index is 14.5. The number of benzene rings is 2. The number of Topliss-reactive ketones (excluding diaryl/α,β-unsaturated/α-hetero) is 1. The highest BCUT2D eigenvalue weighted by Crippen LogP contribution is 2.25. The van der Waals surface area contributed by atoms with E-state index in [0.29, 0.717) is 69.9 Å². The first-order valence-electron chi connectivity index (χ1n) is 35.1. The second kappa shape index (κ2) is 43.3. The Hall–Kier alpha value is -10.6. The summed E-state index contributed by atoms with van der Waals surface area (Å²) < 4.78 is 0. The van der Waals surface area contributed by atoms with E-state index in [1.807, 2.05) is 37.3 Å². The number of likely N-dealkylation sites (tertiary alicyclic amines) is 3. The lowest BCUT2D eigenvalue weighted by Crippen LogP contribution is -2.60. The summed E-state index contributed by atoms with van der Waals surface area (Å²) in [5.41, 5.74) is 17.9. The number of amides is 12. The molecule has 3 saturated heterocycles. The average Bonchev–Trinajstić information content (AvgIpc) is 1.75. The number of ketones is 1. The lowest BCUT2D eigenvalue weighted by atomic mass is 9.96. The quantitative estimate of drug-likeness (QED) is 0.0173. The fourth-order valence-corrected chi connectivity index (χ4v) is 12.4. The minimum Gasteiger partial charge on any atom is -0.481 e. The van der Waals surface area contributed by atoms with Crippen LogP contribution in [0.2, 0.25) is 0 Å². The zero-order valence-electron chi connectivity index (χ0n) is 58.8. The number of aliphatic carboxylic acids is 2. The number of rotatable bonds is 43. The van der Waals surface area contributed by atoms with Crippen molar-refractivity contribution < 1.29 is 82.1 Å². The van der Waals surface area contributed by atoms with Gasteiger partial charge in [0.05, 0.1) is 12.5 Å².